The summed E-state index contributed by atoms with van der Waals surface area (Å²) in [5, 5.41) is 6.36. The highest BCUT2D eigenvalue weighted by molar-refractivity contribution is 7.93. The number of aryl methyl sites for hydroxylation is 1. The van der Waals surface area contributed by atoms with Crippen molar-refractivity contribution in [1.29, 1.82) is 0 Å². The van der Waals surface area contributed by atoms with Crippen LogP contribution in [0.2, 0.25) is 0 Å². The molecule has 2 fully saturated rings. The van der Waals surface area contributed by atoms with Gasteiger partial charge in [-0.1, -0.05) is 24.3 Å². The van der Waals surface area contributed by atoms with Crippen LogP contribution in [0.4, 0.5) is 27.6 Å². The maximum absolute atomic E-state index is 14.1. The lowest BCUT2D eigenvalue weighted by molar-refractivity contribution is -0.184. The molecule has 1 aliphatic carbocycles. The summed E-state index contributed by atoms with van der Waals surface area (Å²) in [5.41, 5.74) is 2.54. The van der Waals surface area contributed by atoms with Crippen molar-refractivity contribution in [2.75, 3.05) is 17.4 Å². The molecule has 0 amide bonds. The third kappa shape index (κ3) is 6.77. The first kappa shape index (κ1) is 30.4. The summed E-state index contributed by atoms with van der Waals surface area (Å²) in [4.78, 5) is 2.16. The zero-order chi connectivity index (χ0) is 30.1. The summed E-state index contributed by atoms with van der Waals surface area (Å²) in [6.07, 6.45) is -5.07. The van der Waals surface area contributed by atoms with Gasteiger partial charge in [-0.25, -0.2) is 8.42 Å². The van der Waals surface area contributed by atoms with Gasteiger partial charge in [0, 0.05) is 11.6 Å². The quantitative estimate of drug-likeness (QED) is 0.258. The second-order valence-electron chi connectivity index (χ2n) is 11.1. The fourth-order valence-electron chi connectivity index (χ4n) is 5.96. The van der Waals surface area contributed by atoms with Crippen LogP contribution in [0.1, 0.15) is 62.0 Å². The Hall–Kier alpha value is -3.06. The number of hydrogen-bond donors (Lipinski definition) is 0. The average molecular weight is 613 g/mol. The molecule has 0 bridgehead atoms. The van der Waals surface area contributed by atoms with E-state index < -0.39 is 39.7 Å². The van der Waals surface area contributed by atoms with E-state index in [1.807, 2.05) is 19.1 Å². The summed E-state index contributed by atoms with van der Waals surface area (Å²) in [5.74, 6) is -2.07. The molecular formula is C29H33F5N4O3S. The van der Waals surface area contributed by atoms with Crippen LogP contribution in [0.25, 0.3) is 11.5 Å². The van der Waals surface area contributed by atoms with Gasteiger partial charge in [0.25, 0.3) is 5.89 Å². The molecule has 1 saturated heterocycles. The van der Waals surface area contributed by atoms with Crippen molar-refractivity contribution in [3.63, 3.8) is 0 Å². The van der Waals surface area contributed by atoms with E-state index in [-0.39, 0.29) is 31.3 Å². The van der Waals surface area contributed by atoms with Crippen molar-refractivity contribution in [2.24, 2.45) is 5.92 Å². The van der Waals surface area contributed by atoms with Crippen LogP contribution < -0.4 is 4.31 Å². The third-order valence-electron chi connectivity index (χ3n) is 8.33. The van der Waals surface area contributed by atoms with Gasteiger partial charge in [-0.3, -0.25) is 4.31 Å². The molecule has 1 aliphatic heterocycles. The predicted molar refractivity (Wildman–Crippen MR) is 147 cm³/mol. The number of halogens is 5. The molecule has 5 rings (SSSR count). The van der Waals surface area contributed by atoms with Gasteiger partial charge in [0.05, 0.1) is 23.4 Å². The van der Waals surface area contributed by atoms with E-state index in [0.717, 1.165) is 5.56 Å². The zero-order valence-electron chi connectivity index (χ0n) is 23.1. The molecule has 1 aromatic heterocycles. The van der Waals surface area contributed by atoms with Crippen molar-refractivity contribution in [1.82, 2.24) is 15.1 Å². The first-order valence-electron chi connectivity index (χ1n) is 14.0. The van der Waals surface area contributed by atoms with E-state index in [2.05, 4.69) is 15.1 Å². The second-order valence-corrected chi connectivity index (χ2v) is 13.3. The fourth-order valence-corrected chi connectivity index (χ4v) is 7.86. The number of hydrogen-bond acceptors (Lipinski definition) is 6. The monoisotopic (exact) mass is 612 g/mol. The summed E-state index contributed by atoms with van der Waals surface area (Å²) in [6.45, 7) is 2.98. The minimum atomic E-state index is -4.16. The maximum atomic E-state index is 14.1. The van der Waals surface area contributed by atoms with Gasteiger partial charge in [-0.15, -0.1) is 10.2 Å². The highest BCUT2D eigenvalue weighted by Crippen LogP contribution is 2.39. The van der Waals surface area contributed by atoms with Crippen LogP contribution in [0.15, 0.2) is 52.9 Å². The van der Waals surface area contributed by atoms with Gasteiger partial charge in [-0.05, 0) is 93.9 Å². The van der Waals surface area contributed by atoms with E-state index >= 15 is 0 Å². The van der Waals surface area contributed by atoms with Gasteiger partial charge < -0.3 is 9.32 Å². The largest absolute Gasteiger partial charge is 0.415 e. The van der Waals surface area contributed by atoms with Gasteiger partial charge in [0.2, 0.25) is 15.9 Å². The van der Waals surface area contributed by atoms with Crippen molar-refractivity contribution in [2.45, 2.75) is 75.9 Å². The van der Waals surface area contributed by atoms with E-state index in [4.69, 9.17) is 4.42 Å². The van der Waals surface area contributed by atoms with Gasteiger partial charge in [0.1, 0.15) is 0 Å². The molecule has 2 aromatic carbocycles. The first-order chi connectivity index (χ1) is 19.9. The third-order valence-corrected chi connectivity index (χ3v) is 10.6. The SMILES string of the molecule is Cc1cccc(N(Cc2ccc(-c3nnc(C(F)F)o3)cc2)S(=O)(=O)C2CCN([C@H]3CC[C@@H](C(F)(F)F)CC3)CC2)c1. The standard InChI is InChI=1S/C29H33F5N4O3S/c1-19-3-2-4-24(17-19)38(18-20-5-7-21(8-6-20)27-35-36-28(41-27)26(30)31)42(39,40)25-13-15-37(16-14-25)23-11-9-22(10-12-23)29(32,33)34/h2-8,17,22-23,25-26H,9-16,18H2,1H3/t22-,23+. The lowest BCUT2D eigenvalue weighted by Gasteiger charge is -2.41. The predicted octanol–water partition coefficient (Wildman–Crippen LogP) is 6.90. The minimum Gasteiger partial charge on any atom is -0.415 e. The molecule has 0 unspecified atom stereocenters. The summed E-state index contributed by atoms with van der Waals surface area (Å²) >= 11 is 0. The zero-order valence-corrected chi connectivity index (χ0v) is 23.9. The molecule has 7 nitrogen and oxygen atoms in total. The number of rotatable bonds is 8. The van der Waals surface area contributed by atoms with Crippen LogP contribution in [-0.4, -0.2) is 54.1 Å². The Balaban J connectivity index is 1.29. The molecule has 1 saturated carbocycles. The van der Waals surface area contributed by atoms with E-state index in [1.54, 1.807) is 36.4 Å². The Kier molecular flexibility index (Phi) is 8.89. The molecule has 2 aliphatic rings. The molecular weight excluding hydrogens is 579 g/mol. The molecule has 0 radical (unpaired) electrons. The molecule has 0 spiro atoms. The van der Waals surface area contributed by atoms with E-state index in [1.165, 1.54) is 4.31 Å². The number of alkyl halides is 5. The topological polar surface area (TPSA) is 79.5 Å². The summed E-state index contributed by atoms with van der Waals surface area (Å²) < 4.78 is 99.5. The number of aromatic nitrogens is 2. The molecule has 0 N–H and O–H groups in total. The number of benzene rings is 2. The Bertz CT molecular complexity index is 1450. The lowest BCUT2D eigenvalue weighted by atomic mass is 9.84. The van der Waals surface area contributed by atoms with Gasteiger partial charge in [-0.2, -0.15) is 22.0 Å². The Morgan fingerprint density at radius 3 is 2.21 bits per heavy atom. The number of likely N-dealkylation sites (tertiary alicyclic amines) is 1. The minimum absolute atomic E-state index is 0.0502. The number of piperidine rings is 1. The van der Waals surface area contributed by atoms with Crippen molar-refractivity contribution >= 4 is 15.7 Å². The molecule has 42 heavy (non-hydrogen) atoms. The molecule has 2 heterocycles. The number of anilines is 1. The molecule has 0 atom stereocenters. The van der Waals surface area contributed by atoms with Crippen LogP contribution in [-0.2, 0) is 16.6 Å². The van der Waals surface area contributed by atoms with Crippen LogP contribution >= 0.6 is 0 Å². The number of nitrogens with zero attached hydrogens (tertiary/aromatic N) is 4. The first-order valence-corrected chi connectivity index (χ1v) is 15.5. The average Bonchev–Trinajstić information content (AvgIpc) is 3.47. The second kappa shape index (κ2) is 12.3. The van der Waals surface area contributed by atoms with Gasteiger partial charge >= 0.3 is 12.6 Å². The highest BCUT2D eigenvalue weighted by atomic mass is 32.2. The molecule has 13 heteroatoms. The molecule has 228 valence electrons. The van der Waals surface area contributed by atoms with Crippen LogP contribution in [0.5, 0.6) is 0 Å². The fraction of sp³-hybridized carbons (Fsp3) is 0.517. The van der Waals surface area contributed by atoms with Crippen molar-refractivity contribution in [3.05, 3.63) is 65.5 Å². The Morgan fingerprint density at radius 1 is 0.976 bits per heavy atom. The van der Waals surface area contributed by atoms with Crippen LogP contribution in [0, 0.1) is 12.8 Å². The Labute approximate surface area is 241 Å². The van der Waals surface area contributed by atoms with Crippen molar-refractivity contribution in [3.8, 4) is 11.5 Å². The van der Waals surface area contributed by atoms with E-state index in [9.17, 15) is 30.4 Å². The molecule has 3 aromatic rings. The lowest BCUT2D eigenvalue weighted by Crippen LogP contribution is -2.49. The summed E-state index contributed by atoms with van der Waals surface area (Å²) in [7, 11) is -3.81. The Morgan fingerprint density at radius 2 is 1.64 bits per heavy atom. The summed E-state index contributed by atoms with van der Waals surface area (Å²) in [6, 6.07) is 13.9. The van der Waals surface area contributed by atoms with Crippen LogP contribution in [0.3, 0.4) is 0 Å². The van der Waals surface area contributed by atoms with Gasteiger partial charge in [0.15, 0.2) is 0 Å². The van der Waals surface area contributed by atoms with Crippen molar-refractivity contribution < 1.29 is 34.8 Å². The highest BCUT2D eigenvalue weighted by Gasteiger charge is 2.43. The maximum Gasteiger partial charge on any atom is 0.391 e. The smallest absolute Gasteiger partial charge is 0.391 e. The number of sulfonamides is 1. The normalized spacial score (nSPS) is 21.1. The van der Waals surface area contributed by atoms with E-state index in [0.29, 0.717) is 55.6 Å².